The van der Waals surface area contributed by atoms with Crippen molar-refractivity contribution in [3.05, 3.63) is 28.9 Å². The summed E-state index contributed by atoms with van der Waals surface area (Å²) in [5.41, 5.74) is 1.14. The number of pyridine rings is 1. The third kappa shape index (κ3) is 2.29. The van der Waals surface area contributed by atoms with Crippen LogP contribution in [0.2, 0.25) is 0 Å². The Morgan fingerprint density at radius 2 is 2.53 bits per heavy atom. The molecule has 1 aliphatic rings. The van der Waals surface area contributed by atoms with Gasteiger partial charge in [0, 0.05) is 31.3 Å². The minimum atomic E-state index is -0.354. The number of hydrogen-bond donors (Lipinski definition) is 1. The molecule has 3 rings (SSSR count). The van der Waals surface area contributed by atoms with Gasteiger partial charge in [0.05, 0.1) is 6.61 Å². The van der Waals surface area contributed by atoms with Crippen molar-refractivity contribution >= 4 is 11.2 Å². The molecular weight excluding hydrogens is 246 g/mol. The van der Waals surface area contributed by atoms with Crippen LogP contribution in [0.1, 0.15) is 6.42 Å². The van der Waals surface area contributed by atoms with Crippen LogP contribution in [0.4, 0.5) is 0 Å². The molecule has 3 heterocycles. The molecule has 1 N–H and O–H groups in total. The van der Waals surface area contributed by atoms with E-state index in [1.165, 1.54) is 0 Å². The zero-order chi connectivity index (χ0) is 13.2. The summed E-state index contributed by atoms with van der Waals surface area (Å²) in [5, 5.41) is 3.27. The van der Waals surface area contributed by atoms with E-state index >= 15 is 0 Å². The Labute approximate surface area is 110 Å². The van der Waals surface area contributed by atoms with Crippen LogP contribution in [-0.2, 0) is 11.3 Å². The number of oxazole rings is 1. The molecule has 0 bridgehead atoms. The third-order valence-electron chi connectivity index (χ3n) is 3.71. The Hall–Kier alpha value is -1.66. The van der Waals surface area contributed by atoms with Gasteiger partial charge in [0.1, 0.15) is 0 Å². The maximum atomic E-state index is 11.9. The molecule has 1 aliphatic heterocycles. The van der Waals surface area contributed by atoms with Gasteiger partial charge in [0.15, 0.2) is 11.2 Å². The third-order valence-corrected chi connectivity index (χ3v) is 3.71. The quantitative estimate of drug-likeness (QED) is 0.875. The molecule has 0 saturated carbocycles. The van der Waals surface area contributed by atoms with Crippen LogP contribution < -0.4 is 11.1 Å². The molecule has 2 aromatic rings. The van der Waals surface area contributed by atoms with Crippen molar-refractivity contribution in [3.8, 4) is 0 Å². The van der Waals surface area contributed by atoms with E-state index < -0.39 is 0 Å². The van der Waals surface area contributed by atoms with Gasteiger partial charge in [-0.3, -0.25) is 4.57 Å². The van der Waals surface area contributed by atoms with Gasteiger partial charge >= 0.3 is 5.76 Å². The first-order chi connectivity index (χ1) is 9.29. The summed E-state index contributed by atoms with van der Waals surface area (Å²) in [6, 6.07) is 3.70. The minimum absolute atomic E-state index is 0.183. The highest BCUT2D eigenvalue weighted by Gasteiger charge is 2.26. The van der Waals surface area contributed by atoms with Gasteiger partial charge in [-0.1, -0.05) is 0 Å². The van der Waals surface area contributed by atoms with Crippen molar-refractivity contribution in [2.45, 2.75) is 19.0 Å². The maximum absolute atomic E-state index is 11.9. The van der Waals surface area contributed by atoms with Crippen LogP contribution in [0.5, 0.6) is 0 Å². The van der Waals surface area contributed by atoms with Crippen LogP contribution in [0, 0.1) is 5.92 Å². The minimum Gasteiger partial charge on any atom is -0.406 e. The van der Waals surface area contributed by atoms with Crippen LogP contribution in [0.25, 0.3) is 11.2 Å². The zero-order valence-electron chi connectivity index (χ0n) is 10.8. The highest BCUT2D eigenvalue weighted by atomic mass is 16.5. The van der Waals surface area contributed by atoms with Crippen molar-refractivity contribution in [3.63, 3.8) is 0 Å². The Morgan fingerprint density at radius 1 is 1.63 bits per heavy atom. The molecular formula is C13H17N3O3. The van der Waals surface area contributed by atoms with Crippen LogP contribution in [-0.4, -0.2) is 35.9 Å². The van der Waals surface area contributed by atoms with Gasteiger partial charge in [-0.15, -0.1) is 0 Å². The first-order valence-electron chi connectivity index (χ1n) is 6.49. The maximum Gasteiger partial charge on any atom is 0.421 e. The predicted molar refractivity (Wildman–Crippen MR) is 70.0 cm³/mol. The van der Waals surface area contributed by atoms with E-state index in [1.54, 1.807) is 22.9 Å². The fraction of sp³-hybridized carbons (Fsp3) is 0.538. The highest BCUT2D eigenvalue weighted by Crippen LogP contribution is 2.19. The lowest BCUT2D eigenvalue weighted by Crippen LogP contribution is -2.39. The Kier molecular flexibility index (Phi) is 3.35. The summed E-state index contributed by atoms with van der Waals surface area (Å²) in [6.07, 6.45) is 2.68. The summed E-state index contributed by atoms with van der Waals surface area (Å²) in [4.78, 5) is 16.1. The number of hydrogen-bond acceptors (Lipinski definition) is 5. The molecule has 19 heavy (non-hydrogen) atoms. The number of ether oxygens (including phenoxy) is 1. The number of likely N-dealkylation sites (N-methyl/N-ethyl adjacent to an activating group) is 1. The summed E-state index contributed by atoms with van der Waals surface area (Å²) in [7, 11) is 1.91. The second kappa shape index (κ2) is 5.14. The van der Waals surface area contributed by atoms with Gasteiger partial charge in [-0.2, -0.15) is 0 Å². The van der Waals surface area contributed by atoms with Crippen molar-refractivity contribution in [1.29, 1.82) is 0 Å². The molecule has 6 nitrogen and oxygen atoms in total. The lowest BCUT2D eigenvalue weighted by Gasteiger charge is -2.21. The van der Waals surface area contributed by atoms with Crippen LogP contribution >= 0.6 is 0 Å². The number of fused-ring (bicyclic) bond motifs is 1. The molecule has 2 atom stereocenters. The van der Waals surface area contributed by atoms with E-state index in [2.05, 4.69) is 10.3 Å². The fourth-order valence-electron chi connectivity index (χ4n) is 2.60. The average molecular weight is 263 g/mol. The smallest absolute Gasteiger partial charge is 0.406 e. The predicted octanol–water partition coefficient (Wildman–Crippen LogP) is 0.614. The van der Waals surface area contributed by atoms with Crippen LogP contribution in [0.15, 0.2) is 27.5 Å². The largest absolute Gasteiger partial charge is 0.421 e. The second-order valence-electron chi connectivity index (χ2n) is 4.82. The molecule has 0 amide bonds. The topological polar surface area (TPSA) is 69.3 Å². The number of nitrogens with one attached hydrogen (secondary N) is 1. The standard InChI is InChI=1S/C13H17N3O3/c1-14-10(9-4-6-18-8-9)7-16-12-11(19-13(16)17)3-2-5-15-12/h2-3,5,9-10,14H,4,6-8H2,1H3. The van der Waals surface area contributed by atoms with E-state index in [1.807, 2.05) is 7.05 Å². The second-order valence-corrected chi connectivity index (χ2v) is 4.82. The van der Waals surface area contributed by atoms with Gasteiger partial charge in [0.25, 0.3) is 0 Å². The first kappa shape index (κ1) is 12.4. The van der Waals surface area contributed by atoms with Crippen LogP contribution in [0.3, 0.4) is 0 Å². The lowest BCUT2D eigenvalue weighted by atomic mass is 9.99. The molecule has 0 aromatic carbocycles. The zero-order valence-corrected chi connectivity index (χ0v) is 10.8. The lowest BCUT2D eigenvalue weighted by molar-refractivity contribution is 0.174. The molecule has 1 fully saturated rings. The van der Waals surface area contributed by atoms with Crippen molar-refractivity contribution in [2.24, 2.45) is 5.92 Å². The van der Waals surface area contributed by atoms with Gasteiger partial charge < -0.3 is 14.5 Å². The molecule has 102 valence electrons. The SMILES string of the molecule is CNC(Cn1c(=O)oc2cccnc21)C1CCOC1. The van der Waals surface area contributed by atoms with E-state index in [-0.39, 0.29) is 11.8 Å². The van der Waals surface area contributed by atoms with E-state index in [4.69, 9.17) is 9.15 Å². The fourth-order valence-corrected chi connectivity index (χ4v) is 2.60. The van der Waals surface area contributed by atoms with Gasteiger partial charge in [0.2, 0.25) is 0 Å². The molecule has 0 aliphatic carbocycles. The summed E-state index contributed by atoms with van der Waals surface area (Å²) >= 11 is 0. The molecule has 2 aromatic heterocycles. The number of aromatic nitrogens is 2. The summed E-state index contributed by atoms with van der Waals surface area (Å²) in [6.45, 7) is 2.08. The molecule has 6 heteroatoms. The first-order valence-corrected chi connectivity index (χ1v) is 6.49. The monoisotopic (exact) mass is 263 g/mol. The van der Waals surface area contributed by atoms with Gasteiger partial charge in [-0.05, 0) is 25.6 Å². The molecule has 0 spiro atoms. The Balaban J connectivity index is 1.91. The Bertz CT molecular complexity index is 613. The normalized spacial score (nSPS) is 21.0. The van der Waals surface area contributed by atoms with E-state index in [0.29, 0.717) is 23.7 Å². The Morgan fingerprint density at radius 3 is 3.26 bits per heavy atom. The van der Waals surface area contributed by atoms with Gasteiger partial charge in [-0.25, -0.2) is 9.78 Å². The van der Waals surface area contributed by atoms with Crippen molar-refractivity contribution in [2.75, 3.05) is 20.3 Å². The number of rotatable bonds is 4. The summed E-state index contributed by atoms with van der Waals surface area (Å²) < 4.78 is 12.2. The molecule has 0 radical (unpaired) electrons. The average Bonchev–Trinajstić information content (AvgIpc) is 3.04. The summed E-state index contributed by atoms with van der Waals surface area (Å²) in [5.74, 6) is 0.0680. The highest BCUT2D eigenvalue weighted by molar-refractivity contribution is 5.67. The molecule has 1 saturated heterocycles. The van der Waals surface area contributed by atoms with Crippen molar-refractivity contribution in [1.82, 2.24) is 14.9 Å². The molecule has 2 unspecified atom stereocenters. The van der Waals surface area contributed by atoms with Crippen molar-refractivity contribution < 1.29 is 9.15 Å². The van der Waals surface area contributed by atoms with E-state index in [9.17, 15) is 4.79 Å². The number of nitrogens with zero attached hydrogens (tertiary/aromatic N) is 2. The van der Waals surface area contributed by atoms with E-state index in [0.717, 1.165) is 19.6 Å².